The van der Waals surface area contributed by atoms with Crippen LogP contribution in [0.1, 0.15) is 31.9 Å². The minimum absolute atomic E-state index is 0.128. The molecule has 118 valence electrons. The number of halogens is 1. The fourth-order valence-corrected chi connectivity index (χ4v) is 4.97. The fourth-order valence-electron chi connectivity index (χ4n) is 3.10. The third-order valence-electron chi connectivity index (χ3n) is 4.05. The molecule has 2 atom stereocenters. The smallest absolute Gasteiger partial charge is 0.247 e. The number of nitrogens with zero attached hydrogens (tertiary/aromatic N) is 3. The Morgan fingerprint density at radius 3 is 2.64 bits per heavy atom. The maximum absolute atomic E-state index is 13.3. The number of aromatic nitrogens is 2. The van der Waals surface area contributed by atoms with Crippen LogP contribution < -0.4 is 4.31 Å². The minimum Gasteiger partial charge on any atom is -0.247 e. The first-order valence-corrected chi connectivity index (χ1v) is 8.60. The van der Waals surface area contributed by atoms with E-state index in [1.54, 1.807) is 23.9 Å². The molecule has 0 radical (unpaired) electrons. The number of fused-ring (bicyclic) bond motifs is 1. The maximum atomic E-state index is 13.3. The second-order valence-electron chi connectivity index (χ2n) is 5.78. The van der Waals surface area contributed by atoms with E-state index in [-0.39, 0.29) is 17.0 Å². The van der Waals surface area contributed by atoms with Gasteiger partial charge in [-0.05, 0) is 51.0 Å². The highest BCUT2D eigenvalue weighted by Gasteiger charge is 2.37. The van der Waals surface area contributed by atoms with Crippen LogP contribution in [0.25, 0.3) is 0 Å². The van der Waals surface area contributed by atoms with Gasteiger partial charge in [-0.1, -0.05) is 0 Å². The number of hydrogen-bond acceptors (Lipinski definition) is 3. The van der Waals surface area contributed by atoms with E-state index < -0.39 is 15.8 Å². The topological polar surface area (TPSA) is 55.2 Å². The zero-order valence-corrected chi connectivity index (χ0v) is 13.5. The lowest BCUT2D eigenvalue weighted by atomic mass is 10.1. The van der Waals surface area contributed by atoms with E-state index in [0.717, 1.165) is 0 Å². The molecule has 3 rings (SSSR count). The number of sulfonamides is 1. The van der Waals surface area contributed by atoms with Crippen molar-refractivity contribution in [3.63, 3.8) is 0 Å². The summed E-state index contributed by atoms with van der Waals surface area (Å²) in [4.78, 5) is 0.128. The van der Waals surface area contributed by atoms with E-state index in [4.69, 9.17) is 0 Å². The van der Waals surface area contributed by atoms with Gasteiger partial charge < -0.3 is 0 Å². The van der Waals surface area contributed by atoms with E-state index in [2.05, 4.69) is 5.10 Å². The van der Waals surface area contributed by atoms with Gasteiger partial charge in [0.15, 0.2) is 0 Å². The van der Waals surface area contributed by atoms with Crippen LogP contribution in [-0.4, -0.2) is 24.2 Å². The Kier molecular flexibility index (Phi) is 3.47. The van der Waals surface area contributed by atoms with Crippen LogP contribution in [0.2, 0.25) is 0 Å². The third-order valence-corrected chi connectivity index (χ3v) is 6.13. The highest BCUT2D eigenvalue weighted by atomic mass is 32.2. The molecule has 0 saturated heterocycles. The summed E-state index contributed by atoms with van der Waals surface area (Å²) < 4.78 is 42.5. The van der Waals surface area contributed by atoms with E-state index in [1.165, 1.54) is 22.5 Å². The molecule has 0 spiro atoms. The molecular weight excluding hydrogens is 305 g/mol. The van der Waals surface area contributed by atoms with Gasteiger partial charge in [-0.3, -0.25) is 0 Å². The SMILES string of the molecule is Cc1cc(F)ccc1S(=O)(=O)N1c2ccnn2[C@H](C)C[C@H]1C. The van der Waals surface area contributed by atoms with Gasteiger partial charge in [0.25, 0.3) is 10.0 Å². The number of aryl methyl sites for hydroxylation is 1. The second kappa shape index (κ2) is 5.08. The van der Waals surface area contributed by atoms with Crippen molar-refractivity contribution in [2.75, 3.05) is 4.31 Å². The maximum Gasteiger partial charge on any atom is 0.265 e. The molecule has 0 aliphatic carbocycles. The number of hydrogen-bond donors (Lipinski definition) is 0. The van der Waals surface area contributed by atoms with E-state index >= 15 is 0 Å². The first-order valence-electron chi connectivity index (χ1n) is 7.16. The van der Waals surface area contributed by atoms with Crippen LogP contribution in [0.4, 0.5) is 10.2 Å². The van der Waals surface area contributed by atoms with Crippen molar-refractivity contribution in [3.05, 3.63) is 41.8 Å². The minimum atomic E-state index is -3.76. The predicted molar refractivity (Wildman–Crippen MR) is 81.8 cm³/mol. The molecule has 2 aromatic rings. The van der Waals surface area contributed by atoms with Gasteiger partial charge >= 0.3 is 0 Å². The molecule has 5 nitrogen and oxygen atoms in total. The molecule has 1 aliphatic rings. The Labute approximate surface area is 129 Å². The molecule has 2 heterocycles. The van der Waals surface area contributed by atoms with Gasteiger partial charge in [0.2, 0.25) is 0 Å². The standard InChI is InChI=1S/C15H18FN3O2S/c1-10-8-13(16)4-5-14(10)22(20,21)19-12(3)9-11(2)18-15(19)6-7-17-18/h4-8,11-12H,9H2,1-3H3/t11-,12-/m1/s1. The average molecular weight is 323 g/mol. The lowest BCUT2D eigenvalue weighted by Crippen LogP contribution is -2.45. The first kappa shape index (κ1) is 15.0. The van der Waals surface area contributed by atoms with Crippen LogP contribution in [-0.2, 0) is 10.0 Å². The van der Waals surface area contributed by atoms with Crippen LogP contribution in [0.5, 0.6) is 0 Å². The van der Waals surface area contributed by atoms with Gasteiger partial charge in [-0.25, -0.2) is 21.8 Å². The molecule has 0 N–H and O–H groups in total. The van der Waals surface area contributed by atoms with Gasteiger partial charge in [0, 0.05) is 12.1 Å². The van der Waals surface area contributed by atoms with Gasteiger partial charge in [-0.15, -0.1) is 0 Å². The number of rotatable bonds is 2. The van der Waals surface area contributed by atoms with Crippen LogP contribution in [0.15, 0.2) is 35.4 Å². The predicted octanol–water partition coefficient (Wildman–Crippen LogP) is 2.88. The Hall–Kier alpha value is -1.89. The molecule has 1 aromatic carbocycles. The second-order valence-corrected chi connectivity index (χ2v) is 7.56. The molecule has 0 saturated carbocycles. The highest BCUT2D eigenvalue weighted by molar-refractivity contribution is 7.93. The van der Waals surface area contributed by atoms with E-state index in [1.807, 2.05) is 13.8 Å². The molecule has 1 aliphatic heterocycles. The molecule has 0 bridgehead atoms. The monoisotopic (exact) mass is 323 g/mol. The van der Waals surface area contributed by atoms with Crippen molar-refractivity contribution in [2.45, 2.75) is 44.2 Å². The van der Waals surface area contributed by atoms with Crippen molar-refractivity contribution < 1.29 is 12.8 Å². The summed E-state index contributed by atoms with van der Waals surface area (Å²) in [5, 5.41) is 4.22. The summed E-state index contributed by atoms with van der Waals surface area (Å²) in [6.45, 7) is 5.49. The first-order chi connectivity index (χ1) is 10.3. The zero-order chi connectivity index (χ0) is 16.1. The van der Waals surface area contributed by atoms with Crippen molar-refractivity contribution in [1.29, 1.82) is 0 Å². The van der Waals surface area contributed by atoms with Crippen molar-refractivity contribution in [3.8, 4) is 0 Å². The van der Waals surface area contributed by atoms with Gasteiger partial charge in [0.05, 0.1) is 17.1 Å². The summed E-state index contributed by atoms with van der Waals surface area (Å²) in [6, 6.07) is 5.39. The Bertz CT molecular complexity index is 816. The molecule has 0 amide bonds. The van der Waals surface area contributed by atoms with E-state index in [9.17, 15) is 12.8 Å². The molecular formula is C15H18FN3O2S. The van der Waals surface area contributed by atoms with E-state index in [0.29, 0.717) is 17.8 Å². The Morgan fingerprint density at radius 1 is 1.23 bits per heavy atom. The van der Waals surface area contributed by atoms with Crippen LogP contribution in [0, 0.1) is 12.7 Å². The molecule has 22 heavy (non-hydrogen) atoms. The normalized spacial score (nSPS) is 21.7. The van der Waals surface area contributed by atoms with Crippen molar-refractivity contribution in [2.24, 2.45) is 0 Å². The molecule has 0 fully saturated rings. The Balaban J connectivity index is 2.15. The largest absolute Gasteiger partial charge is 0.265 e. The quantitative estimate of drug-likeness (QED) is 0.854. The average Bonchev–Trinajstić information content (AvgIpc) is 2.87. The van der Waals surface area contributed by atoms with Crippen LogP contribution in [0.3, 0.4) is 0 Å². The number of anilines is 1. The fraction of sp³-hybridized carbons (Fsp3) is 0.400. The third kappa shape index (κ3) is 2.20. The lowest BCUT2D eigenvalue weighted by Gasteiger charge is -2.37. The summed E-state index contributed by atoms with van der Waals surface area (Å²) >= 11 is 0. The van der Waals surface area contributed by atoms with Crippen LogP contribution >= 0.6 is 0 Å². The van der Waals surface area contributed by atoms with Gasteiger partial charge in [-0.2, -0.15) is 5.10 Å². The Morgan fingerprint density at radius 2 is 1.95 bits per heavy atom. The highest BCUT2D eigenvalue weighted by Crippen LogP contribution is 2.36. The van der Waals surface area contributed by atoms with Gasteiger partial charge in [0.1, 0.15) is 11.6 Å². The van der Waals surface area contributed by atoms with Crippen molar-refractivity contribution >= 4 is 15.8 Å². The summed E-state index contributed by atoms with van der Waals surface area (Å²) in [7, 11) is -3.76. The number of benzene rings is 1. The molecule has 7 heteroatoms. The summed E-state index contributed by atoms with van der Waals surface area (Å²) in [5.74, 6) is 0.108. The molecule has 0 unspecified atom stereocenters. The van der Waals surface area contributed by atoms with Crippen molar-refractivity contribution in [1.82, 2.24) is 9.78 Å². The summed E-state index contributed by atoms with van der Waals surface area (Å²) in [6.07, 6.45) is 2.28. The lowest BCUT2D eigenvalue weighted by molar-refractivity contribution is 0.393. The summed E-state index contributed by atoms with van der Waals surface area (Å²) in [5.41, 5.74) is 0.400. The zero-order valence-electron chi connectivity index (χ0n) is 12.7. The molecule has 1 aromatic heterocycles.